The molecule has 14 heavy (non-hydrogen) atoms. The summed E-state index contributed by atoms with van der Waals surface area (Å²) in [4.78, 5) is 16.2. The first-order valence-corrected chi connectivity index (χ1v) is 4.05. The molecule has 0 bridgehead atoms. The van der Waals surface area contributed by atoms with Crippen LogP contribution in [0.5, 0.6) is 0 Å². The standard InChI is InChI=1S/C7H9ClN4O2/c1-12(14-2)7(13)6-4(8)3-5(9)10-11-6/h3H,1-2H3,(H2,9,10). The molecule has 1 rings (SSSR count). The Labute approximate surface area is 85.6 Å². The summed E-state index contributed by atoms with van der Waals surface area (Å²) >= 11 is 5.74. The lowest BCUT2D eigenvalue weighted by atomic mass is 10.3. The van der Waals surface area contributed by atoms with Gasteiger partial charge in [0.05, 0.1) is 12.1 Å². The lowest BCUT2D eigenvalue weighted by Crippen LogP contribution is -2.27. The highest BCUT2D eigenvalue weighted by Crippen LogP contribution is 2.15. The molecule has 0 saturated heterocycles. The van der Waals surface area contributed by atoms with Crippen LogP contribution in [-0.4, -0.2) is 35.3 Å². The number of halogens is 1. The number of carbonyl (C=O) groups is 1. The number of carbonyl (C=O) groups excluding carboxylic acids is 1. The van der Waals surface area contributed by atoms with Gasteiger partial charge in [0.1, 0.15) is 5.82 Å². The first kappa shape index (κ1) is 10.7. The number of hydrogen-bond acceptors (Lipinski definition) is 5. The maximum atomic E-state index is 11.5. The predicted octanol–water partition coefficient (Wildman–Crippen LogP) is 0.346. The molecule has 1 aromatic heterocycles. The minimum absolute atomic E-state index is 0.00483. The van der Waals surface area contributed by atoms with Crippen LogP contribution in [0.4, 0.5) is 5.82 Å². The fourth-order valence-corrected chi connectivity index (χ4v) is 0.990. The van der Waals surface area contributed by atoms with Crippen molar-refractivity contribution in [1.82, 2.24) is 15.3 Å². The van der Waals surface area contributed by atoms with Crippen LogP contribution in [0.1, 0.15) is 10.5 Å². The van der Waals surface area contributed by atoms with E-state index < -0.39 is 5.91 Å². The Bertz CT molecular complexity index is 358. The Hall–Kier alpha value is -1.40. The van der Waals surface area contributed by atoms with Crippen LogP contribution in [0.3, 0.4) is 0 Å². The van der Waals surface area contributed by atoms with E-state index in [0.29, 0.717) is 0 Å². The van der Waals surface area contributed by atoms with E-state index in [-0.39, 0.29) is 16.5 Å². The minimum atomic E-state index is -0.481. The monoisotopic (exact) mass is 216 g/mol. The lowest BCUT2D eigenvalue weighted by Gasteiger charge is -2.12. The van der Waals surface area contributed by atoms with Crippen LogP contribution < -0.4 is 5.73 Å². The molecule has 0 fully saturated rings. The number of hydroxylamine groups is 2. The summed E-state index contributed by atoms with van der Waals surface area (Å²) in [6.45, 7) is 0. The minimum Gasteiger partial charge on any atom is -0.382 e. The van der Waals surface area contributed by atoms with Gasteiger partial charge in [-0.1, -0.05) is 11.6 Å². The zero-order chi connectivity index (χ0) is 10.7. The van der Waals surface area contributed by atoms with E-state index in [1.165, 1.54) is 20.2 Å². The van der Waals surface area contributed by atoms with Gasteiger partial charge in [0, 0.05) is 13.1 Å². The number of aromatic nitrogens is 2. The van der Waals surface area contributed by atoms with Crippen molar-refractivity contribution in [1.29, 1.82) is 0 Å². The summed E-state index contributed by atoms with van der Waals surface area (Å²) in [6.07, 6.45) is 0. The Morgan fingerprint density at radius 3 is 2.79 bits per heavy atom. The number of nitrogens with zero attached hydrogens (tertiary/aromatic N) is 3. The number of hydrogen-bond donors (Lipinski definition) is 1. The number of nitrogens with two attached hydrogens (primary N) is 1. The van der Waals surface area contributed by atoms with Crippen LogP contribution in [-0.2, 0) is 4.84 Å². The molecule has 7 heteroatoms. The highest BCUT2D eigenvalue weighted by atomic mass is 35.5. The van der Waals surface area contributed by atoms with Crippen LogP contribution >= 0.6 is 11.6 Å². The summed E-state index contributed by atoms with van der Waals surface area (Å²) in [6, 6.07) is 1.35. The molecule has 6 nitrogen and oxygen atoms in total. The third-order valence-corrected chi connectivity index (χ3v) is 1.82. The van der Waals surface area contributed by atoms with E-state index >= 15 is 0 Å². The van der Waals surface area contributed by atoms with Crippen molar-refractivity contribution >= 4 is 23.3 Å². The molecule has 0 radical (unpaired) electrons. The van der Waals surface area contributed by atoms with Gasteiger partial charge < -0.3 is 5.73 Å². The van der Waals surface area contributed by atoms with Gasteiger partial charge in [0.15, 0.2) is 5.69 Å². The Balaban J connectivity index is 3.02. The third-order valence-electron chi connectivity index (χ3n) is 1.53. The summed E-state index contributed by atoms with van der Waals surface area (Å²) in [5.74, 6) is -0.323. The van der Waals surface area contributed by atoms with E-state index in [1.54, 1.807) is 0 Å². The largest absolute Gasteiger partial charge is 0.382 e. The highest BCUT2D eigenvalue weighted by Gasteiger charge is 2.17. The zero-order valence-electron chi connectivity index (χ0n) is 7.69. The smallest absolute Gasteiger partial charge is 0.299 e. The normalized spacial score (nSPS) is 9.93. The van der Waals surface area contributed by atoms with Crippen LogP contribution in [0.15, 0.2) is 6.07 Å². The lowest BCUT2D eigenvalue weighted by molar-refractivity contribution is -0.0761. The number of rotatable bonds is 2. The zero-order valence-corrected chi connectivity index (χ0v) is 8.45. The van der Waals surface area contributed by atoms with Gasteiger partial charge in [-0.25, -0.2) is 5.06 Å². The van der Waals surface area contributed by atoms with Crippen LogP contribution in [0, 0.1) is 0 Å². The molecule has 76 valence electrons. The van der Waals surface area contributed by atoms with Crippen molar-refractivity contribution in [3.8, 4) is 0 Å². The fraction of sp³-hybridized carbons (Fsp3) is 0.286. The molecule has 0 aliphatic heterocycles. The van der Waals surface area contributed by atoms with E-state index in [2.05, 4.69) is 15.0 Å². The van der Waals surface area contributed by atoms with Gasteiger partial charge in [0.25, 0.3) is 5.91 Å². The number of amides is 1. The average Bonchev–Trinajstić information content (AvgIpc) is 2.15. The molecule has 0 aromatic carbocycles. The van der Waals surface area contributed by atoms with Gasteiger partial charge in [-0.05, 0) is 0 Å². The molecule has 0 aliphatic carbocycles. The molecule has 1 heterocycles. The molecule has 1 amide bonds. The second kappa shape index (κ2) is 4.21. The second-order valence-electron chi connectivity index (χ2n) is 2.45. The summed E-state index contributed by atoms with van der Waals surface area (Å²) < 4.78 is 0. The maximum absolute atomic E-state index is 11.5. The molecule has 0 spiro atoms. The van der Waals surface area contributed by atoms with Crippen molar-refractivity contribution in [2.45, 2.75) is 0 Å². The molecule has 0 saturated carbocycles. The first-order valence-electron chi connectivity index (χ1n) is 3.67. The number of nitrogen functional groups attached to an aromatic ring is 1. The third kappa shape index (κ3) is 2.09. The summed E-state index contributed by atoms with van der Waals surface area (Å²) in [5.41, 5.74) is 5.33. The quantitative estimate of drug-likeness (QED) is 0.722. The SMILES string of the molecule is CON(C)C(=O)c1nnc(N)cc1Cl. The van der Waals surface area contributed by atoms with Gasteiger partial charge in [-0.3, -0.25) is 9.63 Å². The fourth-order valence-electron chi connectivity index (χ4n) is 0.760. The predicted molar refractivity (Wildman–Crippen MR) is 50.6 cm³/mol. The average molecular weight is 217 g/mol. The molecule has 1 aromatic rings. The van der Waals surface area contributed by atoms with Crippen molar-refractivity contribution in [2.24, 2.45) is 0 Å². The molecular weight excluding hydrogens is 208 g/mol. The molecule has 2 N–H and O–H groups in total. The highest BCUT2D eigenvalue weighted by molar-refractivity contribution is 6.33. The van der Waals surface area contributed by atoms with Gasteiger partial charge >= 0.3 is 0 Å². The Morgan fingerprint density at radius 1 is 1.64 bits per heavy atom. The Kier molecular flexibility index (Phi) is 3.21. The number of anilines is 1. The van der Waals surface area contributed by atoms with Crippen molar-refractivity contribution < 1.29 is 9.63 Å². The van der Waals surface area contributed by atoms with Gasteiger partial charge in [-0.15, -0.1) is 10.2 Å². The molecule has 0 atom stereocenters. The Morgan fingerprint density at radius 2 is 2.29 bits per heavy atom. The van der Waals surface area contributed by atoms with E-state index in [4.69, 9.17) is 17.3 Å². The van der Waals surface area contributed by atoms with Gasteiger partial charge in [0.2, 0.25) is 0 Å². The second-order valence-corrected chi connectivity index (χ2v) is 2.86. The van der Waals surface area contributed by atoms with Crippen LogP contribution in [0.2, 0.25) is 5.02 Å². The first-order chi connectivity index (χ1) is 6.56. The van der Waals surface area contributed by atoms with E-state index in [1.807, 2.05) is 0 Å². The van der Waals surface area contributed by atoms with Crippen molar-refractivity contribution in [3.63, 3.8) is 0 Å². The van der Waals surface area contributed by atoms with Gasteiger partial charge in [-0.2, -0.15) is 0 Å². The van der Waals surface area contributed by atoms with E-state index in [9.17, 15) is 4.79 Å². The van der Waals surface area contributed by atoms with Crippen molar-refractivity contribution in [2.75, 3.05) is 19.9 Å². The van der Waals surface area contributed by atoms with Crippen LogP contribution in [0.25, 0.3) is 0 Å². The van der Waals surface area contributed by atoms with Crippen molar-refractivity contribution in [3.05, 3.63) is 16.8 Å². The molecule has 0 unspecified atom stereocenters. The summed E-state index contributed by atoms with van der Waals surface area (Å²) in [7, 11) is 2.80. The molecular formula is C7H9ClN4O2. The summed E-state index contributed by atoms with van der Waals surface area (Å²) in [5, 5.41) is 8.22. The topological polar surface area (TPSA) is 81.3 Å². The maximum Gasteiger partial charge on any atom is 0.299 e. The van der Waals surface area contributed by atoms with E-state index in [0.717, 1.165) is 5.06 Å². The molecule has 0 aliphatic rings.